The van der Waals surface area contributed by atoms with Crippen molar-refractivity contribution < 1.29 is 9.90 Å². The van der Waals surface area contributed by atoms with Crippen molar-refractivity contribution in [2.75, 3.05) is 13.1 Å². The molecule has 1 saturated carbocycles. The predicted molar refractivity (Wildman–Crippen MR) is 91.7 cm³/mol. The molecule has 6 heteroatoms. The van der Waals surface area contributed by atoms with Crippen LogP contribution < -0.4 is 5.73 Å². The van der Waals surface area contributed by atoms with Gasteiger partial charge in [0, 0.05) is 36.9 Å². The topological polar surface area (TPSA) is 84.4 Å². The number of nitrogens with zero attached hydrogens (tertiary/aromatic N) is 3. The summed E-state index contributed by atoms with van der Waals surface area (Å²) in [4.78, 5) is 18.5. The highest BCUT2D eigenvalue weighted by Gasteiger charge is 2.37. The molecule has 1 saturated heterocycles. The first-order chi connectivity index (χ1) is 11.6. The molecule has 0 aromatic carbocycles. The Kier molecular flexibility index (Phi) is 4.02. The van der Waals surface area contributed by atoms with Crippen LogP contribution in [0.25, 0.3) is 11.0 Å². The number of aliphatic hydroxyl groups is 1. The van der Waals surface area contributed by atoms with Gasteiger partial charge in [0.15, 0.2) is 0 Å². The highest BCUT2D eigenvalue weighted by atomic mass is 16.3. The van der Waals surface area contributed by atoms with Gasteiger partial charge in [-0.2, -0.15) is 0 Å². The van der Waals surface area contributed by atoms with Crippen LogP contribution >= 0.6 is 0 Å². The van der Waals surface area contributed by atoms with E-state index < -0.39 is 12.0 Å². The lowest BCUT2D eigenvalue weighted by atomic mass is 9.94. The zero-order valence-corrected chi connectivity index (χ0v) is 13.8. The smallest absolute Gasteiger partial charge is 0.249 e. The minimum absolute atomic E-state index is 0.0277. The van der Waals surface area contributed by atoms with Gasteiger partial charge in [0.25, 0.3) is 0 Å². The van der Waals surface area contributed by atoms with Crippen molar-refractivity contribution in [3.05, 3.63) is 30.1 Å². The first-order valence-electron chi connectivity index (χ1n) is 8.82. The Morgan fingerprint density at radius 2 is 2.00 bits per heavy atom. The van der Waals surface area contributed by atoms with Crippen LogP contribution in [0.2, 0.25) is 0 Å². The Morgan fingerprint density at radius 3 is 2.75 bits per heavy atom. The molecular formula is C18H24N4O2. The standard InChI is InChI=1S/C18H24N4O2/c19-17(24)13-6-8-20-18-14(13)7-9-22(18)15-10-21(11-16(15)23)12-4-2-1-3-5-12/h6-9,12,15-16,23H,1-5,10-11H2,(H2,19,24)/t15-,16-/m1/s1. The minimum Gasteiger partial charge on any atom is -0.390 e. The third-order valence-corrected chi connectivity index (χ3v) is 5.62. The van der Waals surface area contributed by atoms with Crippen molar-refractivity contribution in [2.24, 2.45) is 5.73 Å². The van der Waals surface area contributed by atoms with Crippen LogP contribution in [0.1, 0.15) is 48.5 Å². The summed E-state index contributed by atoms with van der Waals surface area (Å²) in [6.07, 6.45) is 9.49. The van der Waals surface area contributed by atoms with Gasteiger partial charge in [-0.15, -0.1) is 0 Å². The lowest BCUT2D eigenvalue weighted by Gasteiger charge is -2.30. The number of fused-ring (bicyclic) bond motifs is 1. The van der Waals surface area contributed by atoms with Crippen LogP contribution in [0.5, 0.6) is 0 Å². The number of aliphatic hydroxyl groups excluding tert-OH is 1. The van der Waals surface area contributed by atoms with Crippen molar-refractivity contribution in [3.63, 3.8) is 0 Å². The second-order valence-corrected chi connectivity index (χ2v) is 7.06. The summed E-state index contributed by atoms with van der Waals surface area (Å²) in [5.74, 6) is -0.448. The highest BCUT2D eigenvalue weighted by molar-refractivity contribution is 6.04. The fourth-order valence-electron chi connectivity index (χ4n) is 4.36. The number of nitrogens with two attached hydrogens (primary N) is 1. The third kappa shape index (κ3) is 2.59. The van der Waals surface area contributed by atoms with E-state index in [4.69, 9.17) is 5.73 Å². The number of amides is 1. The first-order valence-corrected chi connectivity index (χ1v) is 8.82. The molecule has 4 rings (SSSR count). The summed E-state index contributed by atoms with van der Waals surface area (Å²) < 4.78 is 2.01. The van der Waals surface area contributed by atoms with Gasteiger partial charge in [-0.05, 0) is 25.0 Å². The molecule has 2 atom stereocenters. The van der Waals surface area contributed by atoms with Crippen LogP contribution in [-0.4, -0.2) is 50.7 Å². The zero-order chi connectivity index (χ0) is 16.7. The fourth-order valence-corrected chi connectivity index (χ4v) is 4.36. The molecule has 1 aliphatic heterocycles. The predicted octanol–water partition coefficient (Wildman–Crippen LogP) is 1.69. The molecule has 1 amide bonds. The second kappa shape index (κ2) is 6.18. The number of hydrogen-bond acceptors (Lipinski definition) is 4. The van der Waals surface area contributed by atoms with Crippen molar-refractivity contribution in [1.29, 1.82) is 0 Å². The van der Waals surface area contributed by atoms with E-state index in [1.165, 1.54) is 32.1 Å². The highest BCUT2D eigenvalue weighted by Crippen LogP contribution is 2.32. The van der Waals surface area contributed by atoms with E-state index in [2.05, 4.69) is 9.88 Å². The average molecular weight is 328 g/mol. The lowest BCUT2D eigenvalue weighted by molar-refractivity contribution is 0.100. The molecule has 0 spiro atoms. The van der Waals surface area contributed by atoms with Gasteiger partial charge in [0.2, 0.25) is 5.91 Å². The lowest BCUT2D eigenvalue weighted by Crippen LogP contribution is -2.35. The van der Waals surface area contributed by atoms with Gasteiger partial charge in [-0.1, -0.05) is 19.3 Å². The summed E-state index contributed by atoms with van der Waals surface area (Å²) in [6, 6.07) is 4.08. The molecule has 128 valence electrons. The van der Waals surface area contributed by atoms with Gasteiger partial charge >= 0.3 is 0 Å². The first kappa shape index (κ1) is 15.6. The fraction of sp³-hybridized carbons (Fsp3) is 0.556. The van der Waals surface area contributed by atoms with E-state index in [1.807, 2.05) is 16.8 Å². The number of likely N-dealkylation sites (tertiary alicyclic amines) is 1. The van der Waals surface area contributed by atoms with Gasteiger partial charge < -0.3 is 15.4 Å². The maximum Gasteiger partial charge on any atom is 0.249 e. The molecule has 0 radical (unpaired) electrons. The van der Waals surface area contributed by atoms with E-state index in [9.17, 15) is 9.90 Å². The molecular weight excluding hydrogens is 304 g/mol. The number of aromatic nitrogens is 2. The van der Waals surface area contributed by atoms with Crippen molar-refractivity contribution in [3.8, 4) is 0 Å². The van der Waals surface area contributed by atoms with E-state index >= 15 is 0 Å². The summed E-state index contributed by atoms with van der Waals surface area (Å²) in [5.41, 5.74) is 6.66. The Bertz CT molecular complexity index is 751. The number of rotatable bonds is 3. The van der Waals surface area contributed by atoms with Crippen LogP contribution in [-0.2, 0) is 0 Å². The van der Waals surface area contributed by atoms with Crippen LogP contribution in [0.15, 0.2) is 24.5 Å². The summed E-state index contributed by atoms with van der Waals surface area (Å²) >= 11 is 0. The third-order valence-electron chi connectivity index (χ3n) is 5.62. The number of carbonyl (C=O) groups is 1. The number of carbonyl (C=O) groups excluding carboxylic acids is 1. The summed E-state index contributed by atoms with van der Waals surface area (Å²) in [6.45, 7) is 1.54. The molecule has 1 aliphatic carbocycles. The van der Waals surface area contributed by atoms with Crippen molar-refractivity contribution in [1.82, 2.24) is 14.5 Å². The molecule has 6 nitrogen and oxygen atoms in total. The summed E-state index contributed by atoms with van der Waals surface area (Å²) in [7, 11) is 0. The molecule has 24 heavy (non-hydrogen) atoms. The monoisotopic (exact) mass is 328 g/mol. The number of pyridine rings is 1. The Labute approximate surface area is 141 Å². The number of β-amino-alcohol motifs (C(OH)–C–C–N with tert-alkyl or cyclic N) is 1. The van der Waals surface area contributed by atoms with E-state index in [0.29, 0.717) is 18.2 Å². The van der Waals surface area contributed by atoms with Gasteiger partial charge in [-0.25, -0.2) is 4.98 Å². The van der Waals surface area contributed by atoms with E-state index in [1.54, 1.807) is 12.3 Å². The molecule has 2 aliphatic rings. The minimum atomic E-state index is -0.448. The molecule has 0 unspecified atom stereocenters. The van der Waals surface area contributed by atoms with Crippen molar-refractivity contribution >= 4 is 16.9 Å². The molecule has 2 aromatic heterocycles. The SMILES string of the molecule is NC(=O)c1ccnc2c1ccn2[C@@H]1CN(C2CCCCC2)C[C@H]1O. The largest absolute Gasteiger partial charge is 0.390 e. The van der Waals surface area contributed by atoms with E-state index in [-0.39, 0.29) is 6.04 Å². The summed E-state index contributed by atoms with van der Waals surface area (Å²) in [5, 5.41) is 11.4. The van der Waals surface area contributed by atoms with Crippen LogP contribution in [0.4, 0.5) is 0 Å². The number of hydrogen-bond donors (Lipinski definition) is 2. The molecule has 2 fully saturated rings. The Morgan fingerprint density at radius 1 is 1.21 bits per heavy atom. The molecule has 0 bridgehead atoms. The van der Waals surface area contributed by atoms with E-state index in [0.717, 1.165) is 17.6 Å². The van der Waals surface area contributed by atoms with Gasteiger partial charge in [0.05, 0.1) is 17.7 Å². The van der Waals surface area contributed by atoms with Gasteiger partial charge in [0.1, 0.15) is 5.65 Å². The second-order valence-electron chi connectivity index (χ2n) is 7.06. The maximum absolute atomic E-state index is 11.6. The van der Waals surface area contributed by atoms with Crippen LogP contribution in [0, 0.1) is 0 Å². The molecule has 3 heterocycles. The molecule has 2 aromatic rings. The number of primary amides is 1. The quantitative estimate of drug-likeness (QED) is 0.898. The Balaban J connectivity index is 1.63. The maximum atomic E-state index is 11.6. The van der Waals surface area contributed by atoms with Gasteiger partial charge in [-0.3, -0.25) is 9.69 Å². The molecule has 3 N–H and O–H groups in total. The van der Waals surface area contributed by atoms with Crippen LogP contribution in [0.3, 0.4) is 0 Å². The normalized spacial score (nSPS) is 26.2. The average Bonchev–Trinajstić information content (AvgIpc) is 3.18. The van der Waals surface area contributed by atoms with Crippen molar-refractivity contribution in [2.45, 2.75) is 50.3 Å². The zero-order valence-electron chi connectivity index (χ0n) is 13.8. The Hall–Kier alpha value is -1.92.